The number of rotatable bonds is 5. The monoisotopic (exact) mass is 307 g/mol. The number of hydrogen-bond acceptors (Lipinski definition) is 4. The van der Waals surface area contributed by atoms with Crippen molar-refractivity contribution < 1.29 is 14.6 Å². The first-order chi connectivity index (χ1) is 10.1. The van der Waals surface area contributed by atoms with E-state index < -0.39 is 5.97 Å². The van der Waals surface area contributed by atoms with Gasteiger partial charge < -0.3 is 9.84 Å². The number of hydrogen-bond donors (Lipinski definition) is 1. The van der Waals surface area contributed by atoms with Gasteiger partial charge in [-0.15, -0.1) is 0 Å². The Hall–Kier alpha value is -1.46. The van der Waals surface area contributed by atoms with E-state index in [9.17, 15) is 4.79 Å². The van der Waals surface area contributed by atoms with E-state index in [-0.39, 0.29) is 0 Å². The summed E-state index contributed by atoms with van der Waals surface area (Å²) in [6.45, 7) is 5.34. The van der Waals surface area contributed by atoms with E-state index in [1.807, 2.05) is 30.0 Å². The molecule has 1 atom stereocenters. The van der Waals surface area contributed by atoms with E-state index in [1.165, 1.54) is 11.3 Å². The number of carboxylic acid groups (broad SMARTS) is 1. The summed E-state index contributed by atoms with van der Waals surface area (Å²) >= 11 is 2.01. The van der Waals surface area contributed by atoms with Crippen LogP contribution in [-0.2, 0) is 11.3 Å². The smallest absolute Gasteiger partial charge is 0.328 e. The molecule has 0 amide bonds. The molecule has 0 aromatic heterocycles. The molecule has 1 aliphatic rings. The van der Waals surface area contributed by atoms with E-state index >= 15 is 0 Å². The largest absolute Gasteiger partial charge is 0.496 e. The molecule has 1 aromatic rings. The maximum Gasteiger partial charge on any atom is 0.328 e. The molecular weight excluding hydrogens is 286 g/mol. The molecule has 1 aromatic carbocycles. The predicted molar refractivity (Wildman–Crippen MR) is 86.9 cm³/mol. The molecule has 0 aliphatic carbocycles. The molecule has 1 saturated heterocycles. The molecule has 21 heavy (non-hydrogen) atoms. The molecule has 0 radical (unpaired) electrons. The number of aliphatic carboxylic acids is 1. The van der Waals surface area contributed by atoms with Crippen molar-refractivity contribution in [1.82, 2.24) is 4.90 Å². The highest BCUT2D eigenvalue weighted by molar-refractivity contribution is 7.99. The first kappa shape index (κ1) is 15.9. The molecule has 1 aliphatic heterocycles. The lowest BCUT2D eigenvalue weighted by atomic mass is 10.1. The lowest BCUT2D eigenvalue weighted by Gasteiger charge is -2.30. The third-order valence-corrected chi connectivity index (χ3v) is 4.57. The first-order valence-electron chi connectivity index (χ1n) is 7.00. The molecular formula is C16H21NO3S. The molecule has 5 heteroatoms. The van der Waals surface area contributed by atoms with Crippen LogP contribution in [0.5, 0.6) is 5.75 Å². The fourth-order valence-corrected chi connectivity index (χ4v) is 3.55. The Morgan fingerprint density at radius 3 is 3.05 bits per heavy atom. The lowest BCUT2D eigenvalue weighted by molar-refractivity contribution is -0.131. The Morgan fingerprint density at radius 2 is 2.38 bits per heavy atom. The Morgan fingerprint density at radius 1 is 1.57 bits per heavy atom. The zero-order valence-corrected chi connectivity index (χ0v) is 13.2. The van der Waals surface area contributed by atoms with Gasteiger partial charge in [-0.25, -0.2) is 4.79 Å². The van der Waals surface area contributed by atoms with Gasteiger partial charge in [0.05, 0.1) is 7.11 Å². The van der Waals surface area contributed by atoms with Crippen LogP contribution in [0, 0.1) is 0 Å². The summed E-state index contributed by atoms with van der Waals surface area (Å²) in [4.78, 5) is 13.1. The van der Waals surface area contributed by atoms with Gasteiger partial charge >= 0.3 is 5.97 Å². The normalized spacial score (nSPS) is 19.8. The van der Waals surface area contributed by atoms with Gasteiger partial charge in [0.25, 0.3) is 0 Å². The predicted octanol–water partition coefficient (Wildman–Crippen LogP) is 2.73. The fourth-order valence-electron chi connectivity index (χ4n) is 2.47. The maximum absolute atomic E-state index is 10.7. The second-order valence-electron chi connectivity index (χ2n) is 5.16. The average molecular weight is 307 g/mol. The lowest BCUT2D eigenvalue weighted by Crippen LogP contribution is -2.36. The topological polar surface area (TPSA) is 49.8 Å². The van der Waals surface area contributed by atoms with E-state index in [0.29, 0.717) is 11.0 Å². The summed E-state index contributed by atoms with van der Waals surface area (Å²) in [5.74, 6) is 0.909. The Labute approximate surface area is 129 Å². The molecule has 0 saturated carbocycles. The molecule has 2 rings (SSSR count). The number of nitrogens with zero attached hydrogens (tertiary/aromatic N) is 1. The van der Waals surface area contributed by atoms with Crippen LogP contribution in [0.25, 0.3) is 6.08 Å². The summed E-state index contributed by atoms with van der Waals surface area (Å²) in [5, 5.41) is 9.43. The third kappa shape index (κ3) is 4.79. The van der Waals surface area contributed by atoms with Gasteiger partial charge in [-0.05, 0) is 23.8 Å². The van der Waals surface area contributed by atoms with Gasteiger partial charge in [0.1, 0.15) is 5.75 Å². The van der Waals surface area contributed by atoms with Gasteiger partial charge in [-0.2, -0.15) is 11.8 Å². The van der Waals surface area contributed by atoms with Crippen molar-refractivity contribution in [2.24, 2.45) is 0 Å². The molecule has 1 heterocycles. The van der Waals surface area contributed by atoms with Crippen molar-refractivity contribution in [2.75, 3.05) is 26.0 Å². The highest BCUT2D eigenvalue weighted by atomic mass is 32.2. The zero-order valence-electron chi connectivity index (χ0n) is 12.4. The van der Waals surface area contributed by atoms with Crippen molar-refractivity contribution in [3.8, 4) is 5.75 Å². The van der Waals surface area contributed by atoms with E-state index in [4.69, 9.17) is 9.84 Å². The van der Waals surface area contributed by atoms with Crippen LogP contribution in [0.1, 0.15) is 18.1 Å². The van der Waals surface area contributed by atoms with Crippen LogP contribution in [0.4, 0.5) is 0 Å². The second-order valence-corrected chi connectivity index (χ2v) is 6.71. The summed E-state index contributed by atoms with van der Waals surface area (Å²) in [7, 11) is 1.59. The summed E-state index contributed by atoms with van der Waals surface area (Å²) in [6, 6.07) is 5.95. The van der Waals surface area contributed by atoms with Gasteiger partial charge in [-0.1, -0.05) is 13.0 Å². The molecule has 1 N–H and O–H groups in total. The zero-order chi connectivity index (χ0) is 15.2. The van der Waals surface area contributed by atoms with Crippen LogP contribution in [0.3, 0.4) is 0 Å². The molecule has 1 unspecified atom stereocenters. The first-order valence-corrected chi connectivity index (χ1v) is 8.05. The van der Waals surface area contributed by atoms with Gasteiger partial charge in [-0.3, -0.25) is 4.90 Å². The summed E-state index contributed by atoms with van der Waals surface area (Å²) in [5.41, 5.74) is 1.98. The minimum absolute atomic E-state index is 0.670. The van der Waals surface area contributed by atoms with Crippen LogP contribution >= 0.6 is 11.8 Å². The molecule has 4 nitrogen and oxygen atoms in total. The number of ether oxygens (including phenoxy) is 1. The Kier molecular flexibility index (Phi) is 5.70. The highest BCUT2D eigenvalue weighted by Crippen LogP contribution is 2.24. The van der Waals surface area contributed by atoms with Crippen LogP contribution < -0.4 is 4.74 Å². The molecule has 114 valence electrons. The van der Waals surface area contributed by atoms with Crippen LogP contribution in [0.2, 0.25) is 0 Å². The number of benzene rings is 1. The van der Waals surface area contributed by atoms with E-state index in [1.54, 1.807) is 13.2 Å². The minimum Gasteiger partial charge on any atom is -0.496 e. The number of carboxylic acids is 1. The van der Waals surface area contributed by atoms with Crippen molar-refractivity contribution in [2.45, 2.75) is 18.7 Å². The van der Waals surface area contributed by atoms with Crippen molar-refractivity contribution in [3.05, 3.63) is 35.4 Å². The van der Waals surface area contributed by atoms with Gasteiger partial charge in [0.2, 0.25) is 0 Å². The number of methoxy groups -OCH3 is 1. The van der Waals surface area contributed by atoms with Crippen molar-refractivity contribution >= 4 is 23.8 Å². The Bertz CT molecular complexity index is 530. The van der Waals surface area contributed by atoms with Crippen LogP contribution in [-0.4, -0.2) is 47.2 Å². The minimum atomic E-state index is -0.954. The third-order valence-electron chi connectivity index (χ3n) is 3.43. The average Bonchev–Trinajstić information content (AvgIpc) is 2.45. The SMILES string of the molecule is COc1ccc(CN2CCSC(C)C2)cc1/C=C/C(=O)O. The Balaban J connectivity index is 2.13. The maximum atomic E-state index is 10.7. The summed E-state index contributed by atoms with van der Waals surface area (Å²) < 4.78 is 5.28. The van der Waals surface area contributed by atoms with Gasteiger partial charge in [0.15, 0.2) is 0 Å². The quantitative estimate of drug-likeness (QED) is 0.848. The van der Waals surface area contributed by atoms with Crippen molar-refractivity contribution in [3.63, 3.8) is 0 Å². The van der Waals surface area contributed by atoms with Crippen LogP contribution in [0.15, 0.2) is 24.3 Å². The number of carbonyl (C=O) groups is 1. The van der Waals surface area contributed by atoms with E-state index in [2.05, 4.69) is 11.8 Å². The molecule has 0 spiro atoms. The second kappa shape index (κ2) is 7.52. The summed E-state index contributed by atoms with van der Waals surface area (Å²) in [6.07, 6.45) is 2.72. The molecule has 1 fully saturated rings. The highest BCUT2D eigenvalue weighted by Gasteiger charge is 2.16. The fraction of sp³-hybridized carbons (Fsp3) is 0.438. The van der Waals surface area contributed by atoms with Gasteiger partial charge in [0, 0.05) is 42.3 Å². The standard InChI is InChI=1S/C16H21NO3S/c1-12-10-17(7-8-21-12)11-13-3-5-15(20-2)14(9-13)4-6-16(18)19/h3-6,9,12H,7-8,10-11H2,1-2H3,(H,18,19)/b6-4+. The molecule has 0 bridgehead atoms. The van der Waals surface area contributed by atoms with Crippen molar-refractivity contribution in [1.29, 1.82) is 0 Å². The van der Waals surface area contributed by atoms with E-state index in [0.717, 1.165) is 31.3 Å². The number of thioether (sulfide) groups is 1.